The molecule has 0 heterocycles. The lowest BCUT2D eigenvalue weighted by Gasteiger charge is -2.14. The van der Waals surface area contributed by atoms with Gasteiger partial charge in [0.2, 0.25) is 0 Å². The second kappa shape index (κ2) is 10.8. The van der Waals surface area contributed by atoms with Crippen LogP contribution in [0.5, 0.6) is 23.0 Å². The summed E-state index contributed by atoms with van der Waals surface area (Å²) in [7, 11) is 4.58. The van der Waals surface area contributed by atoms with Gasteiger partial charge in [-0.15, -0.1) is 0 Å². The molecule has 2 aromatic carbocycles. The van der Waals surface area contributed by atoms with E-state index >= 15 is 0 Å². The van der Waals surface area contributed by atoms with E-state index in [0.717, 1.165) is 0 Å². The fraction of sp³-hybridized carbons (Fsp3) is 0.273. The second-order valence-corrected chi connectivity index (χ2v) is 6.45. The number of rotatable bonds is 8. The Morgan fingerprint density at radius 1 is 0.867 bits per heavy atom. The Morgan fingerprint density at radius 2 is 1.53 bits per heavy atom. The summed E-state index contributed by atoms with van der Waals surface area (Å²) in [6, 6.07) is 9.99. The maximum atomic E-state index is 12.3. The number of benzene rings is 2. The van der Waals surface area contributed by atoms with E-state index in [0.29, 0.717) is 34.1 Å². The highest BCUT2D eigenvalue weighted by molar-refractivity contribution is 5.98. The first-order valence-electron chi connectivity index (χ1n) is 9.22. The van der Waals surface area contributed by atoms with Crippen LogP contribution in [0, 0.1) is 0 Å². The summed E-state index contributed by atoms with van der Waals surface area (Å²) in [5.41, 5.74) is 5.71. The van der Waals surface area contributed by atoms with E-state index in [-0.39, 0.29) is 6.10 Å². The van der Waals surface area contributed by atoms with Crippen LogP contribution < -0.4 is 29.8 Å². The summed E-state index contributed by atoms with van der Waals surface area (Å²) >= 11 is 0. The highest BCUT2D eigenvalue weighted by Crippen LogP contribution is 2.29. The summed E-state index contributed by atoms with van der Waals surface area (Å²) in [5.74, 6) is 1.16. The molecule has 0 bridgehead atoms. The number of carbonyl (C=O) groups excluding carboxylic acids is 2. The Labute approximate surface area is 175 Å². The number of ether oxygens (including phenoxy) is 4. The first-order valence-corrected chi connectivity index (χ1v) is 9.22. The summed E-state index contributed by atoms with van der Waals surface area (Å²) in [6.07, 6.45) is 2.83. The fourth-order valence-corrected chi connectivity index (χ4v) is 2.49. The molecule has 2 amide bonds. The Morgan fingerprint density at radius 3 is 2.10 bits per heavy atom. The lowest BCUT2D eigenvalue weighted by Crippen LogP contribution is -2.40. The Hall–Kier alpha value is -3.68. The molecule has 0 aliphatic carbocycles. The van der Waals surface area contributed by atoms with Gasteiger partial charge >= 0.3 is 0 Å². The van der Waals surface area contributed by atoms with Crippen molar-refractivity contribution in [3.05, 3.63) is 53.6 Å². The molecule has 0 aliphatic heterocycles. The minimum absolute atomic E-state index is 0.0331. The molecule has 8 nitrogen and oxygen atoms in total. The normalized spacial score (nSPS) is 10.6. The van der Waals surface area contributed by atoms with Gasteiger partial charge in [-0.3, -0.25) is 20.4 Å². The fourth-order valence-electron chi connectivity index (χ4n) is 2.49. The van der Waals surface area contributed by atoms with Gasteiger partial charge in [-0.25, -0.2) is 0 Å². The van der Waals surface area contributed by atoms with E-state index in [9.17, 15) is 9.59 Å². The number of hydrogen-bond acceptors (Lipinski definition) is 6. The van der Waals surface area contributed by atoms with Crippen molar-refractivity contribution in [2.24, 2.45) is 0 Å². The van der Waals surface area contributed by atoms with Crippen LogP contribution in [0.1, 0.15) is 29.8 Å². The van der Waals surface area contributed by atoms with Gasteiger partial charge in [0.15, 0.2) is 11.5 Å². The first-order chi connectivity index (χ1) is 14.4. The molecular weight excluding hydrogens is 388 g/mol. The molecule has 2 N–H and O–H groups in total. The summed E-state index contributed by atoms with van der Waals surface area (Å²) < 4.78 is 21.3. The zero-order valence-electron chi connectivity index (χ0n) is 17.6. The van der Waals surface area contributed by atoms with E-state index < -0.39 is 11.8 Å². The molecule has 0 saturated carbocycles. The topological polar surface area (TPSA) is 95.1 Å². The van der Waals surface area contributed by atoms with Gasteiger partial charge in [0.1, 0.15) is 11.5 Å². The lowest BCUT2D eigenvalue weighted by molar-refractivity contribution is -0.117. The molecular formula is C22H26N2O6. The van der Waals surface area contributed by atoms with Crippen molar-refractivity contribution in [2.45, 2.75) is 20.0 Å². The largest absolute Gasteiger partial charge is 0.497 e. The minimum atomic E-state index is -0.503. The van der Waals surface area contributed by atoms with Crippen molar-refractivity contribution in [2.75, 3.05) is 21.3 Å². The zero-order valence-corrected chi connectivity index (χ0v) is 17.6. The van der Waals surface area contributed by atoms with Crippen LogP contribution in [-0.2, 0) is 4.79 Å². The van der Waals surface area contributed by atoms with Crippen molar-refractivity contribution in [3.8, 4) is 23.0 Å². The third-order valence-corrected chi connectivity index (χ3v) is 3.89. The second-order valence-electron chi connectivity index (χ2n) is 6.45. The van der Waals surface area contributed by atoms with Crippen LogP contribution in [0.4, 0.5) is 0 Å². The van der Waals surface area contributed by atoms with Gasteiger partial charge in [0, 0.05) is 17.7 Å². The molecule has 0 saturated heterocycles. The molecule has 2 aromatic rings. The van der Waals surface area contributed by atoms with Crippen molar-refractivity contribution in [1.82, 2.24) is 10.9 Å². The van der Waals surface area contributed by atoms with Crippen LogP contribution in [0.15, 0.2) is 42.5 Å². The molecule has 0 fully saturated rings. The quantitative estimate of drug-likeness (QED) is 0.509. The van der Waals surface area contributed by atoms with Gasteiger partial charge < -0.3 is 18.9 Å². The summed E-state index contributed by atoms with van der Waals surface area (Å²) in [4.78, 5) is 24.4. The van der Waals surface area contributed by atoms with Gasteiger partial charge in [0.25, 0.3) is 11.8 Å². The van der Waals surface area contributed by atoms with Crippen molar-refractivity contribution in [3.63, 3.8) is 0 Å². The molecule has 8 heteroatoms. The summed E-state index contributed by atoms with van der Waals surface area (Å²) in [5, 5.41) is 0. The molecule has 0 aliphatic rings. The molecule has 160 valence electrons. The highest BCUT2D eigenvalue weighted by Gasteiger charge is 2.12. The van der Waals surface area contributed by atoms with Gasteiger partial charge in [-0.05, 0) is 55.8 Å². The van der Waals surface area contributed by atoms with E-state index in [1.807, 2.05) is 13.8 Å². The van der Waals surface area contributed by atoms with Crippen molar-refractivity contribution in [1.29, 1.82) is 0 Å². The number of methoxy groups -OCH3 is 3. The molecule has 2 rings (SSSR count). The number of carbonyl (C=O) groups is 2. The number of hydrogen-bond donors (Lipinski definition) is 2. The SMILES string of the molecule is COc1cc(/C=C/C(=O)NNC(=O)c2ccc(OC(C)C)c(OC)c2)cc(OC)c1. The highest BCUT2D eigenvalue weighted by atomic mass is 16.5. The first kappa shape index (κ1) is 22.6. The van der Waals surface area contributed by atoms with E-state index in [2.05, 4.69) is 10.9 Å². The van der Waals surface area contributed by atoms with Crippen LogP contribution in [0.2, 0.25) is 0 Å². The van der Waals surface area contributed by atoms with Crippen molar-refractivity contribution >= 4 is 17.9 Å². The average molecular weight is 414 g/mol. The van der Waals surface area contributed by atoms with Crippen LogP contribution in [0.25, 0.3) is 6.08 Å². The van der Waals surface area contributed by atoms with Crippen molar-refractivity contribution < 1.29 is 28.5 Å². The Bertz CT molecular complexity index is 902. The average Bonchev–Trinajstić information content (AvgIpc) is 2.75. The monoisotopic (exact) mass is 414 g/mol. The van der Waals surface area contributed by atoms with Crippen LogP contribution >= 0.6 is 0 Å². The lowest BCUT2D eigenvalue weighted by atomic mass is 10.2. The Kier molecular flexibility index (Phi) is 8.10. The van der Waals surface area contributed by atoms with Crippen LogP contribution in [-0.4, -0.2) is 39.2 Å². The van der Waals surface area contributed by atoms with E-state index in [4.69, 9.17) is 18.9 Å². The van der Waals surface area contributed by atoms with Gasteiger partial charge in [-0.1, -0.05) is 0 Å². The maximum absolute atomic E-state index is 12.3. The number of nitrogens with one attached hydrogen (secondary N) is 2. The van der Waals surface area contributed by atoms with Gasteiger partial charge in [-0.2, -0.15) is 0 Å². The van der Waals surface area contributed by atoms with E-state index in [1.54, 1.807) is 50.6 Å². The summed E-state index contributed by atoms with van der Waals surface area (Å²) in [6.45, 7) is 3.79. The van der Waals surface area contributed by atoms with E-state index in [1.165, 1.54) is 19.3 Å². The molecule has 0 spiro atoms. The molecule has 0 radical (unpaired) electrons. The zero-order chi connectivity index (χ0) is 22.1. The number of hydrazine groups is 1. The molecule has 0 aromatic heterocycles. The maximum Gasteiger partial charge on any atom is 0.269 e. The Balaban J connectivity index is 1.99. The minimum Gasteiger partial charge on any atom is -0.497 e. The predicted octanol–water partition coefficient (Wildman–Crippen LogP) is 2.97. The third kappa shape index (κ3) is 6.44. The third-order valence-electron chi connectivity index (χ3n) is 3.89. The molecule has 30 heavy (non-hydrogen) atoms. The molecule has 0 unspecified atom stereocenters. The number of amides is 2. The van der Waals surface area contributed by atoms with Gasteiger partial charge in [0.05, 0.1) is 27.4 Å². The standard InChI is InChI=1S/C22H26N2O6/c1-14(2)30-19-8-7-16(12-20(19)29-5)22(26)24-23-21(25)9-6-15-10-17(27-3)13-18(11-15)28-4/h6-14H,1-5H3,(H,23,25)(H,24,26)/b9-6+. The predicted molar refractivity (Wildman–Crippen MR) is 113 cm³/mol. The smallest absolute Gasteiger partial charge is 0.269 e. The molecule has 0 atom stereocenters. The van der Waals surface area contributed by atoms with Crippen LogP contribution in [0.3, 0.4) is 0 Å².